The van der Waals surface area contributed by atoms with E-state index < -0.39 is 5.54 Å². The Morgan fingerprint density at radius 1 is 1.41 bits per heavy atom. The smallest absolute Gasteiger partial charge is 0.261 e. The standard InChI is InChI=1S/C12H17N3O2/c1-5-12(4,13)11-14-10(17-15-11)9-6-7(2)16-8(9)3/h6H,5,13H2,1-4H3. The van der Waals surface area contributed by atoms with E-state index >= 15 is 0 Å². The molecular formula is C12H17N3O2. The molecule has 0 saturated carbocycles. The fourth-order valence-corrected chi connectivity index (χ4v) is 1.57. The summed E-state index contributed by atoms with van der Waals surface area (Å²) in [6, 6.07) is 1.88. The normalized spacial score (nSPS) is 14.9. The highest BCUT2D eigenvalue weighted by atomic mass is 16.5. The fraction of sp³-hybridized carbons (Fsp3) is 0.500. The number of rotatable bonds is 3. The van der Waals surface area contributed by atoms with Crippen LogP contribution in [0.4, 0.5) is 0 Å². The third-order valence-corrected chi connectivity index (χ3v) is 2.94. The first-order valence-electron chi connectivity index (χ1n) is 5.64. The Kier molecular flexibility index (Phi) is 2.79. The molecule has 2 rings (SSSR count). The molecule has 0 aliphatic carbocycles. The Bertz CT molecular complexity index is 526. The summed E-state index contributed by atoms with van der Waals surface area (Å²) >= 11 is 0. The summed E-state index contributed by atoms with van der Waals surface area (Å²) in [6.07, 6.45) is 0.745. The van der Waals surface area contributed by atoms with Gasteiger partial charge >= 0.3 is 0 Å². The first-order chi connectivity index (χ1) is 7.94. The third kappa shape index (κ3) is 2.10. The van der Waals surface area contributed by atoms with Crippen molar-refractivity contribution in [2.75, 3.05) is 0 Å². The van der Waals surface area contributed by atoms with Crippen LogP contribution in [0.1, 0.15) is 37.6 Å². The van der Waals surface area contributed by atoms with Gasteiger partial charge in [-0.3, -0.25) is 0 Å². The van der Waals surface area contributed by atoms with E-state index in [4.69, 9.17) is 14.7 Å². The predicted octanol–water partition coefficient (Wildman–Crippen LogP) is 2.53. The molecule has 0 aliphatic rings. The second-order valence-corrected chi connectivity index (χ2v) is 4.52. The van der Waals surface area contributed by atoms with Gasteiger partial charge in [-0.1, -0.05) is 12.1 Å². The van der Waals surface area contributed by atoms with Crippen molar-refractivity contribution >= 4 is 0 Å². The number of aromatic nitrogens is 2. The van der Waals surface area contributed by atoms with Gasteiger partial charge in [-0.25, -0.2) is 0 Å². The number of hydrogen-bond donors (Lipinski definition) is 1. The van der Waals surface area contributed by atoms with Crippen LogP contribution in [0.2, 0.25) is 0 Å². The topological polar surface area (TPSA) is 78.1 Å². The number of nitrogens with two attached hydrogens (primary N) is 1. The van der Waals surface area contributed by atoms with Crippen LogP contribution in [-0.4, -0.2) is 10.1 Å². The summed E-state index contributed by atoms with van der Waals surface area (Å²) in [5, 5.41) is 3.93. The molecule has 0 amide bonds. The molecule has 5 nitrogen and oxygen atoms in total. The summed E-state index contributed by atoms with van der Waals surface area (Å²) in [6.45, 7) is 7.62. The van der Waals surface area contributed by atoms with E-state index in [0.717, 1.165) is 23.5 Å². The van der Waals surface area contributed by atoms with E-state index in [0.29, 0.717) is 11.7 Å². The molecule has 0 aliphatic heterocycles. The highest BCUT2D eigenvalue weighted by molar-refractivity contribution is 5.56. The molecule has 2 N–H and O–H groups in total. The van der Waals surface area contributed by atoms with Crippen LogP contribution in [-0.2, 0) is 5.54 Å². The molecule has 0 saturated heterocycles. The number of furan rings is 1. The van der Waals surface area contributed by atoms with Gasteiger partial charge in [0.2, 0.25) is 0 Å². The number of nitrogens with zero attached hydrogens (tertiary/aromatic N) is 2. The number of aryl methyl sites for hydroxylation is 2. The largest absolute Gasteiger partial charge is 0.466 e. The van der Waals surface area contributed by atoms with Gasteiger partial charge in [-0.05, 0) is 33.3 Å². The second kappa shape index (κ2) is 4.00. The predicted molar refractivity (Wildman–Crippen MR) is 63.3 cm³/mol. The summed E-state index contributed by atoms with van der Waals surface area (Å²) in [5.74, 6) is 2.57. The summed E-state index contributed by atoms with van der Waals surface area (Å²) in [5.41, 5.74) is 6.33. The van der Waals surface area contributed by atoms with Crippen molar-refractivity contribution in [1.82, 2.24) is 10.1 Å². The maximum absolute atomic E-state index is 6.06. The molecule has 2 aromatic rings. The van der Waals surface area contributed by atoms with Crippen LogP contribution in [0.5, 0.6) is 0 Å². The van der Waals surface area contributed by atoms with Crippen LogP contribution in [0, 0.1) is 13.8 Å². The molecule has 0 spiro atoms. The lowest BCUT2D eigenvalue weighted by Crippen LogP contribution is -2.33. The van der Waals surface area contributed by atoms with E-state index in [1.165, 1.54) is 0 Å². The van der Waals surface area contributed by atoms with Crippen molar-refractivity contribution in [2.24, 2.45) is 5.73 Å². The second-order valence-electron chi connectivity index (χ2n) is 4.52. The zero-order chi connectivity index (χ0) is 12.6. The Hall–Kier alpha value is -1.62. The van der Waals surface area contributed by atoms with Crippen LogP contribution in [0.25, 0.3) is 11.5 Å². The average molecular weight is 235 g/mol. The molecule has 92 valence electrons. The van der Waals surface area contributed by atoms with Crippen LogP contribution < -0.4 is 5.73 Å². The van der Waals surface area contributed by atoms with Crippen LogP contribution in [0.3, 0.4) is 0 Å². The van der Waals surface area contributed by atoms with Crippen molar-refractivity contribution in [3.05, 3.63) is 23.4 Å². The summed E-state index contributed by atoms with van der Waals surface area (Å²) in [7, 11) is 0. The molecule has 5 heteroatoms. The lowest BCUT2D eigenvalue weighted by atomic mass is 10.0. The van der Waals surface area contributed by atoms with Gasteiger partial charge in [0.05, 0.1) is 11.1 Å². The monoisotopic (exact) mass is 235 g/mol. The molecule has 0 bridgehead atoms. The maximum atomic E-state index is 6.06. The zero-order valence-corrected chi connectivity index (χ0v) is 10.6. The average Bonchev–Trinajstić information content (AvgIpc) is 2.85. The van der Waals surface area contributed by atoms with E-state index in [1.807, 2.05) is 33.8 Å². The molecule has 2 aromatic heterocycles. The van der Waals surface area contributed by atoms with Crippen molar-refractivity contribution in [3.8, 4) is 11.5 Å². The molecule has 1 atom stereocenters. The molecule has 17 heavy (non-hydrogen) atoms. The third-order valence-electron chi connectivity index (χ3n) is 2.94. The Labute approximate surface area is 100.0 Å². The van der Waals surface area contributed by atoms with Crippen molar-refractivity contribution in [2.45, 2.75) is 39.7 Å². The van der Waals surface area contributed by atoms with E-state index in [9.17, 15) is 0 Å². The molecule has 0 fully saturated rings. The molecular weight excluding hydrogens is 218 g/mol. The summed E-state index contributed by atoms with van der Waals surface area (Å²) < 4.78 is 10.7. The highest BCUT2D eigenvalue weighted by Gasteiger charge is 2.26. The molecule has 0 aromatic carbocycles. The van der Waals surface area contributed by atoms with Gasteiger partial charge in [0.15, 0.2) is 5.82 Å². The summed E-state index contributed by atoms with van der Waals surface area (Å²) in [4.78, 5) is 4.33. The minimum absolute atomic E-state index is 0.458. The van der Waals surface area contributed by atoms with Crippen LogP contribution in [0.15, 0.2) is 15.0 Å². The van der Waals surface area contributed by atoms with Crippen molar-refractivity contribution < 1.29 is 8.94 Å². The van der Waals surface area contributed by atoms with Crippen molar-refractivity contribution in [1.29, 1.82) is 0 Å². The minimum atomic E-state index is -0.561. The van der Waals surface area contributed by atoms with Gasteiger partial charge < -0.3 is 14.7 Å². The van der Waals surface area contributed by atoms with Crippen molar-refractivity contribution in [3.63, 3.8) is 0 Å². The van der Waals surface area contributed by atoms with Gasteiger partial charge in [-0.2, -0.15) is 4.98 Å². The first kappa shape index (κ1) is 11.9. The molecule has 1 unspecified atom stereocenters. The lowest BCUT2D eigenvalue weighted by molar-refractivity contribution is 0.378. The minimum Gasteiger partial charge on any atom is -0.466 e. The van der Waals surface area contributed by atoms with Gasteiger partial charge in [0.1, 0.15) is 11.5 Å². The number of hydrogen-bond acceptors (Lipinski definition) is 5. The van der Waals surface area contributed by atoms with Gasteiger partial charge in [-0.15, -0.1) is 0 Å². The molecule has 0 radical (unpaired) electrons. The fourth-order valence-electron chi connectivity index (χ4n) is 1.57. The molecule has 2 heterocycles. The highest BCUT2D eigenvalue weighted by Crippen LogP contribution is 2.27. The zero-order valence-electron chi connectivity index (χ0n) is 10.6. The SMILES string of the molecule is CCC(C)(N)c1noc(-c2cc(C)oc2C)n1. The van der Waals surface area contributed by atoms with Gasteiger partial charge in [0.25, 0.3) is 5.89 Å². The Morgan fingerprint density at radius 2 is 2.12 bits per heavy atom. The van der Waals surface area contributed by atoms with Crippen LogP contribution >= 0.6 is 0 Å². The Balaban J connectivity index is 2.40. The first-order valence-corrected chi connectivity index (χ1v) is 5.64. The van der Waals surface area contributed by atoms with Gasteiger partial charge in [0, 0.05) is 0 Å². The lowest BCUT2D eigenvalue weighted by Gasteiger charge is -2.16. The maximum Gasteiger partial charge on any atom is 0.261 e. The van der Waals surface area contributed by atoms with E-state index in [2.05, 4.69) is 10.1 Å². The quantitative estimate of drug-likeness (QED) is 0.884. The van der Waals surface area contributed by atoms with E-state index in [-0.39, 0.29) is 0 Å². The Morgan fingerprint density at radius 3 is 2.65 bits per heavy atom. The van der Waals surface area contributed by atoms with E-state index in [1.54, 1.807) is 0 Å².